The molecule has 0 radical (unpaired) electrons. The van der Waals surface area contributed by atoms with Crippen molar-refractivity contribution >= 4 is 0 Å². The Hall–Kier alpha value is -1.57. The molecule has 0 bridgehead atoms. The highest BCUT2D eigenvalue weighted by atomic mass is 15.1. The van der Waals surface area contributed by atoms with Crippen molar-refractivity contribution in [3.63, 3.8) is 0 Å². The van der Waals surface area contributed by atoms with Gasteiger partial charge in [-0.05, 0) is 18.1 Å². The molecule has 0 atom stereocenters. The van der Waals surface area contributed by atoms with Crippen molar-refractivity contribution in [2.45, 2.75) is 20.4 Å². The van der Waals surface area contributed by atoms with Gasteiger partial charge in [-0.1, -0.05) is 32.0 Å². The normalized spacial score (nSPS) is 10.9. The first-order valence-corrected chi connectivity index (χ1v) is 5.38. The van der Waals surface area contributed by atoms with Gasteiger partial charge in [0.05, 0.1) is 6.54 Å². The average Bonchev–Trinajstić information content (AvgIpc) is 2.67. The van der Waals surface area contributed by atoms with Crippen LogP contribution in [0, 0.1) is 5.92 Å². The van der Waals surface area contributed by atoms with Crippen molar-refractivity contribution < 1.29 is 4.57 Å². The zero-order valence-electron chi connectivity index (χ0n) is 9.30. The zero-order chi connectivity index (χ0) is 10.7. The fourth-order valence-corrected chi connectivity index (χ4v) is 1.68. The second-order valence-electron chi connectivity index (χ2n) is 4.25. The van der Waals surface area contributed by atoms with Gasteiger partial charge < -0.3 is 0 Å². The van der Waals surface area contributed by atoms with Crippen molar-refractivity contribution in [2.24, 2.45) is 5.92 Å². The number of para-hydroxylation sites is 1. The lowest BCUT2D eigenvalue weighted by Gasteiger charge is -1.98. The molecule has 2 nitrogen and oxygen atoms in total. The van der Waals surface area contributed by atoms with Crippen LogP contribution in [0.2, 0.25) is 0 Å². The molecule has 15 heavy (non-hydrogen) atoms. The average molecular weight is 201 g/mol. The van der Waals surface area contributed by atoms with Gasteiger partial charge in [-0.15, -0.1) is 0 Å². The Morgan fingerprint density at radius 1 is 1.20 bits per heavy atom. The van der Waals surface area contributed by atoms with Crippen LogP contribution in [0.5, 0.6) is 0 Å². The molecule has 0 N–H and O–H groups in total. The molecule has 78 valence electrons. The molecule has 1 aromatic carbocycles. The van der Waals surface area contributed by atoms with Gasteiger partial charge in [-0.3, -0.25) is 0 Å². The molecule has 1 heterocycles. The largest absolute Gasteiger partial charge is 0.248 e. The SMILES string of the molecule is CC(C)C[n+]1ccn(-c2ccccc2)c1. The predicted molar refractivity (Wildman–Crippen MR) is 60.8 cm³/mol. The van der Waals surface area contributed by atoms with E-state index in [1.807, 2.05) is 6.07 Å². The summed E-state index contributed by atoms with van der Waals surface area (Å²) in [6, 6.07) is 10.4. The van der Waals surface area contributed by atoms with E-state index in [0.29, 0.717) is 5.92 Å². The number of hydrogen-bond donors (Lipinski definition) is 0. The lowest BCUT2D eigenvalue weighted by molar-refractivity contribution is -0.701. The third-order valence-corrected chi connectivity index (χ3v) is 2.32. The van der Waals surface area contributed by atoms with Gasteiger partial charge >= 0.3 is 0 Å². The van der Waals surface area contributed by atoms with Gasteiger partial charge in [0.1, 0.15) is 18.1 Å². The van der Waals surface area contributed by atoms with E-state index in [0.717, 1.165) is 6.54 Å². The van der Waals surface area contributed by atoms with E-state index in [-0.39, 0.29) is 0 Å². The van der Waals surface area contributed by atoms with E-state index in [1.165, 1.54) is 5.69 Å². The molecule has 0 aliphatic carbocycles. The minimum Gasteiger partial charge on any atom is -0.236 e. The first kappa shape index (κ1) is 9.97. The lowest BCUT2D eigenvalue weighted by Crippen LogP contribution is -2.33. The highest BCUT2D eigenvalue weighted by Crippen LogP contribution is 2.04. The lowest BCUT2D eigenvalue weighted by atomic mass is 10.2. The topological polar surface area (TPSA) is 8.81 Å². The van der Waals surface area contributed by atoms with Crippen LogP contribution in [-0.2, 0) is 6.54 Å². The molecule has 0 unspecified atom stereocenters. The van der Waals surface area contributed by atoms with Crippen molar-refractivity contribution in [1.82, 2.24) is 4.57 Å². The van der Waals surface area contributed by atoms with Crippen LogP contribution < -0.4 is 4.57 Å². The molecule has 0 fully saturated rings. The molecule has 0 aliphatic rings. The van der Waals surface area contributed by atoms with Gasteiger partial charge in [-0.25, -0.2) is 9.13 Å². The van der Waals surface area contributed by atoms with Crippen LogP contribution in [0.1, 0.15) is 13.8 Å². The molecular formula is C13H17N2+. The summed E-state index contributed by atoms with van der Waals surface area (Å²) in [7, 11) is 0. The monoisotopic (exact) mass is 201 g/mol. The van der Waals surface area contributed by atoms with E-state index in [1.54, 1.807) is 0 Å². The minimum atomic E-state index is 0.682. The fourth-order valence-electron chi connectivity index (χ4n) is 1.68. The minimum absolute atomic E-state index is 0.682. The Bertz CT molecular complexity index is 415. The molecule has 0 aliphatic heterocycles. The number of hydrogen-bond acceptors (Lipinski definition) is 0. The maximum absolute atomic E-state index is 2.23. The number of nitrogens with zero attached hydrogens (tertiary/aromatic N) is 2. The Kier molecular flexibility index (Phi) is 2.86. The zero-order valence-corrected chi connectivity index (χ0v) is 9.30. The van der Waals surface area contributed by atoms with Crippen molar-refractivity contribution in [2.75, 3.05) is 0 Å². The Balaban J connectivity index is 2.21. The Labute approximate surface area is 90.8 Å². The number of imidazole rings is 1. The number of aromatic nitrogens is 2. The van der Waals surface area contributed by atoms with E-state index in [4.69, 9.17) is 0 Å². The van der Waals surface area contributed by atoms with Gasteiger partial charge in [0.2, 0.25) is 6.33 Å². The highest BCUT2D eigenvalue weighted by molar-refractivity contribution is 5.30. The summed E-state index contributed by atoms with van der Waals surface area (Å²) in [4.78, 5) is 0. The van der Waals surface area contributed by atoms with Crippen molar-refractivity contribution in [3.8, 4) is 5.69 Å². The standard InChI is InChI=1S/C13H17N2/c1-12(2)10-14-8-9-15(11-14)13-6-4-3-5-7-13/h3-9,11-12H,10H2,1-2H3/q+1. The molecular weight excluding hydrogens is 184 g/mol. The summed E-state index contributed by atoms with van der Waals surface area (Å²) in [5.74, 6) is 0.682. The molecule has 1 aromatic heterocycles. The number of benzene rings is 1. The van der Waals surface area contributed by atoms with Crippen LogP contribution in [0.25, 0.3) is 5.69 Å². The van der Waals surface area contributed by atoms with E-state index < -0.39 is 0 Å². The van der Waals surface area contributed by atoms with Crippen LogP contribution in [0.15, 0.2) is 49.1 Å². The Morgan fingerprint density at radius 2 is 1.93 bits per heavy atom. The van der Waals surface area contributed by atoms with Crippen LogP contribution in [0.4, 0.5) is 0 Å². The first-order chi connectivity index (χ1) is 7.25. The molecule has 2 aromatic rings. The Morgan fingerprint density at radius 3 is 2.60 bits per heavy atom. The van der Waals surface area contributed by atoms with Crippen LogP contribution >= 0.6 is 0 Å². The summed E-state index contributed by atoms with van der Waals surface area (Å²) in [6.45, 7) is 5.53. The molecule has 2 heteroatoms. The van der Waals surface area contributed by atoms with E-state index in [2.05, 4.69) is 66.0 Å². The number of rotatable bonds is 3. The van der Waals surface area contributed by atoms with Crippen LogP contribution in [0.3, 0.4) is 0 Å². The maximum Gasteiger partial charge on any atom is 0.248 e. The maximum atomic E-state index is 2.23. The smallest absolute Gasteiger partial charge is 0.236 e. The molecule has 0 saturated carbocycles. The van der Waals surface area contributed by atoms with Gasteiger partial charge in [0, 0.05) is 0 Å². The van der Waals surface area contributed by atoms with Gasteiger partial charge in [-0.2, -0.15) is 0 Å². The van der Waals surface area contributed by atoms with Gasteiger partial charge in [0.15, 0.2) is 0 Å². The third-order valence-electron chi connectivity index (χ3n) is 2.32. The highest BCUT2D eigenvalue weighted by Gasteiger charge is 2.06. The first-order valence-electron chi connectivity index (χ1n) is 5.38. The molecule has 0 saturated heterocycles. The summed E-state index contributed by atoms with van der Waals surface area (Å²) in [5.41, 5.74) is 1.21. The van der Waals surface area contributed by atoms with E-state index >= 15 is 0 Å². The van der Waals surface area contributed by atoms with Crippen LogP contribution in [-0.4, -0.2) is 4.57 Å². The van der Waals surface area contributed by atoms with Crippen molar-refractivity contribution in [1.29, 1.82) is 0 Å². The molecule has 0 amide bonds. The summed E-state index contributed by atoms with van der Waals surface area (Å²) in [5, 5.41) is 0. The fraction of sp³-hybridized carbons (Fsp3) is 0.308. The van der Waals surface area contributed by atoms with Gasteiger partial charge in [0.25, 0.3) is 0 Å². The molecule has 2 rings (SSSR count). The summed E-state index contributed by atoms with van der Waals surface area (Å²) < 4.78 is 4.36. The quantitative estimate of drug-likeness (QED) is 0.674. The second kappa shape index (κ2) is 4.30. The van der Waals surface area contributed by atoms with Crippen molar-refractivity contribution in [3.05, 3.63) is 49.1 Å². The second-order valence-corrected chi connectivity index (χ2v) is 4.25. The molecule has 0 spiro atoms. The summed E-state index contributed by atoms with van der Waals surface area (Å²) in [6.07, 6.45) is 6.35. The predicted octanol–water partition coefficient (Wildman–Crippen LogP) is 2.42. The third kappa shape index (κ3) is 2.46. The summed E-state index contributed by atoms with van der Waals surface area (Å²) >= 11 is 0. The van der Waals surface area contributed by atoms with E-state index in [9.17, 15) is 0 Å².